The molecule has 0 aliphatic heterocycles. The Balaban J connectivity index is 1.88. The van der Waals surface area contributed by atoms with Gasteiger partial charge in [-0.15, -0.1) is 0 Å². The second-order valence-corrected chi connectivity index (χ2v) is 6.02. The SMILES string of the molecule is CCc1ccc(C(CO)NC(C)CC(=O)Nc2ccccc2)cc1. The molecule has 128 valence electrons. The van der Waals surface area contributed by atoms with Crippen molar-refractivity contribution >= 4 is 11.6 Å². The van der Waals surface area contributed by atoms with Gasteiger partial charge in [-0.1, -0.05) is 49.4 Å². The average Bonchev–Trinajstić information content (AvgIpc) is 2.60. The molecule has 24 heavy (non-hydrogen) atoms. The van der Waals surface area contributed by atoms with E-state index < -0.39 is 0 Å². The summed E-state index contributed by atoms with van der Waals surface area (Å²) in [6, 6.07) is 17.4. The predicted octanol–water partition coefficient (Wildman–Crippen LogP) is 3.29. The molecular formula is C20H26N2O2. The average molecular weight is 326 g/mol. The van der Waals surface area contributed by atoms with Crippen LogP contribution in [0, 0.1) is 0 Å². The molecule has 0 saturated heterocycles. The molecule has 2 atom stereocenters. The van der Waals surface area contributed by atoms with Crippen molar-refractivity contribution in [3.8, 4) is 0 Å². The fourth-order valence-electron chi connectivity index (χ4n) is 2.65. The van der Waals surface area contributed by atoms with Crippen molar-refractivity contribution < 1.29 is 9.90 Å². The van der Waals surface area contributed by atoms with E-state index in [0.29, 0.717) is 6.42 Å². The molecule has 0 saturated carbocycles. The summed E-state index contributed by atoms with van der Waals surface area (Å²) in [5, 5.41) is 15.9. The lowest BCUT2D eigenvalue weighted by atomic mass is 10.0. The van der Waals surface area contributed by atoms with Crippen molar-refractivity contribution in [2.75, 3.05) is 11.9 Å². The third-order valence-electron chi connectivity index (χ3n) is 4.01. The van der Waals surface area contributed by atoms with Gasteiger partial charge in [0.2, 0.25) is 5.91 Å². The van der Waals surface area contributed by atoms with E-state index in [1.54, 1.807) is 0 Å². The van der Waals surface area contributed by atoms with Gasteiger partial charge in [0.25, 0.3) is 0 Å². The maximum atomic E-state index is 12.1. The summed E-state index contributed by atoms with van der Waals surface area (Å²) < 4.78 is 0. The van der Waals surface area contributed by atoms with Crippen molar-refractivity contribution in [3.63, 3.8) is 0 Å². The predicted molar refractivity (Wildman–Crippen MR) is 97.9 cm³/mol. The number of benzene rings is 2. The minimum absolute atomic E-state index is 0.00385. The summed E-state index contributed by atoms with van der Waals surface area (Å²) >= 11 is 0. The van der Waals surface area contributed by atoms with Gasteiger partial charge in [0.1, 0.15) is 0 Å². The van der Waals surface area contributed by atoms with Gasteiger partial charge in [0, 0.05) is 18.2 Å². The van der Waals surface area contributed by atoms with Crippen molar-refractivity contribution in [1.82, 2.24) is 5.32 Å². The Hall–Kier alpha value is -2.17. The van der Waals surface area contributed by atoms with E-state index in [2.05, 4.69) is 29.7 Å². The van der Waals surface area contributed by atoms with E-state index in [0.717, 1.165) is 17.7 Å². The number of amides is 1. The number of carbonyl (C=O) groups excluding carboxylic acids is 1. The maximum Gasteiger partial charge on any atom is 0.225 e. The molecule has 2 aromatic rings. The molecule has 3 N–H and O–H groups in total. The smallest absolute Gasteiger partial charge is 0.225 e. The van der Waals surface area contributed by atoms with Crippen LogP contribution in [0.5, 0.6) is 0 Å². The summed E-state index contributed by atoms with van der Waals surface area (Å²) in [7, 11) is 0. The van der Waals surface area contributed by atoms with Crippen LogP contribution in [0.3, 0.4) is 0 Å². The molecule has 0 spiro atoms. The van der Waals surface area contributed by atoms with Crippen LogP contribution in [0.4, 0.5) is 5.69 Å². The number of anilines is 1. The van der Waals surface area contributed by atoms with Gasteiger partial charge in [0.05, 0.1) is 12.6 Å². The zero-order valence-corrected chi connectivity index (χ0v) is 14.3. The number of hydrogen-bond donors (Lipinski definition) is 3. The lowest BCUT2D eigenvalue weighted by Gasteiger charge is -2.22. The molecule has 0 bridgehead atoms. The Kier molecular flexibility index (Phi) is 6.97. The first-order valence-electron chi connectivity index (χ1n) is 8.43. The molecule has 4 nitrogen and oxygen atoms in total. The highest BCUT2D eigenvalue weighted by Gasteiger charge is 2.16. The lowest BCUT2D eigenvalue weighted by Crippen LogP contribution is -2.35. The van der Waals surface area contributed by atoms with Gasteiger partial charge >= 0.3 is 0 Å². The molecule has 2 aromatic carbocycles. The Bertz CT molecular complexity index is 626. The quantitative estimate of drug-likeness (QED) is 0.697. The number of hydrogen-bond acceptors (Lipinski definition) is 3. The van der Waals surface area contributed by atoms with Crippen LogP contribution >= 0.6 is 0 Å². The first-order valence-corrected chi connectivity index (χ1v) is 8.43. The molecule has 0 aliphatic carbocycles. The lowest BCUT2D eigenvalue weighted by molar-refractivity contribution is -0.116. The number of aryl methyl sites for hydroxylation is 1. The number of para-hydroxylation sites is 1. The number of aliphatic hydroxyl groups excluding tert-OH is 1. The molecule has 4 heteroatoms. The minimum atomic E-state index is -0.171. The molecule has 0 aromatic heterocycles. The maximum absolute atomic E-state index is 12.1. The van der Waals surface area contributed by atoms with Crippen molar-refractivity contribution in [2.24, 2.45) is 0 Å². The molecule has 0 heterocycles. The van der Waals surface area contributed by atoms with Crippen LogP contribution in [0.25, 0.3) is 0 Å². The normalized spacial score (nSPS) is 13.3. The van der Waals surface area contributed by atoms with E-state index >= 15 is 0 Å². The van der Waals surface area contributed by atoms with E-state index in [-0.39, 0.29) is 24.6 Å². The topological polar surface area (TPSA) is 61.4 Å². The van der Waals surface area contributed by atoms with Crippen molar-refractivity contribution in [1.29, 1.82) is 0 Å². The highest BCUT2D eigenvalue weighted by atomic mass is 16.3. The molecule has 2 rings (SSSR count). The van der Waals surface area contributed by atoms with E-state index in [1.807, 2.05) is 49.4 Å². The zero-order chi connectivity index (χ0) is 17.4. The van der Waals surface area contributed by atoms with Crippen molar-refractivity contribution in [2.45, 2.75) is 38.8 Å². The Labute approximate surface area is 143 Å². The Morgan fingerprint density at radius 2 is 1.75 bits per heavy atom. The van der Waals surface area contributed by atoms with Gasteiger partial charge in [-0.25, -0.2) is 0 Å². The molecular weight excluding hydrogens is 300 g/mol. The van der Waals surface area contributed by atoms with E-state index in [1.165, 1.54) is 5.56 Å². The summed E-state index contributed by atoms with van der Waals surface area (Å²) in [6.07, 6.45) is 1.34. The fourth-order valence-corrected chi connectivity index (χ4v) is 2.65. The summed E-state index contributed by atoms with van der Waals surface area (Å²) in [6.45, 7) is 4.06. The second kappa shape index (κ2) is 9.21. The summed E-state index contributed by atoms with van der Waals surface area (Å²) in [5.74, 6) is -0.0424. The first-order chi connectivity index (χ1) is 11.6. The van der Waals surface area contributed by atoms with Crippen LogP contribution in [0.1, 0.15) is 37.4 Å². The highest BCUT2D eigenvalue weighted by molar-refractivity contribution is 5.91. The fraction of sp³-hybridized carbons (Fsp3) is 0.350. The molecule has 0 aliphatic rings. The van der Waals surface area contributed by atoms with Gasteiger partial charge < -0.3 is 15.7 Å². The van der Waals surface area contributed by atoms with Crippen LogP contribution in [-0.4, -0.2) is 23.7 Å². The monoisotopic (exact) mass is 326 g/mol. The first kappa shape index (κ1) is 18.2. The largest absolute Gasteiger partial charge is 0.394 e. The third kappa shape index (κ3) is 5.48. The number of carbonyl (C=O) groups is 1. The standard InChI is InChI=1S/C20H26N2O2/c1-3-16-9-11-17(12-10-16)19(14-23)21-15(2)13-20(24)22-18-7-5-4-6-8-18/h4-12,15,19,21,23H,3,13-14H2,1-2H3,(H,22,24). The molecule has 1 amide bonds. The van der Waals surface area contributed by atoms with Gasteiger partial charge in [0.15, 0.2) is 0 Å². The zero-order valence-electron chi connectivity index (χ0n) is 14.3. The number of rotatable bonds is 8. The van der Waals surface area contributed by atoms with Gasteiger partial charge in [-0.3, -0.25) is 4.79 Å². The van der Waals surface area contributed by atoms with Crippen LogP contribution in [0.2, 0.25) is 0 Å². The molecule has 0 radical (unpaired) electrons. The molecule has 2 unspecified atom stereocenters. The Morgan fingerprint density at radius 3 is 2.33 bits per heavy atom. The number of nitrogens with one attached hydrogen (secondary N) is 2. The number of aliphatic hydroxyl groups is 1. The third-order valence-corrected chi connectivity index (χ3v) is 4.01. The summed E-state index contributed by atoms with van der Waals surface area (Å²) in [4.78, 5) is 12.1. The van der Waals surface area contributed by atoms with E-state index in [9.17, 15) is 9.90 Å². The molecule has 0 fully saturated rings. The second-order valence-electron chi connectivity index (χ2n) is 6.02. The van der Waals surface area contributed by atoms with Crippen LogP contribution < -0.4 is 10.6 Å². The van der Waals surface area contributed by atoms with Gasteiger partial charge in [-0.05, 0) is 36.6 Å². The van der Waals surface area contributed by atoms with E-state index in [4.69, 9.17) is 0 Å². The van der Waals surface area contributed by atoms with Gasteiger partial charge in [-0.2, -0.15) is 0 Å². The van der Waals surface area contributed by atoms with Crippen LogP contribution in [-0.2, 0) is 11.2 Å². The highest BCUT2D eigenvalue weighted by Crippen LogP contribution is 2.15. The Morgan fingerprint density at radius 1 is 1.08 bits per heavy atom. The van der Waals surface area contributed by atoms with Crippen molar-refractivity contribution in [3.05, 3.63) is 65.7 Å². The minimum Gasteiger partial charge on any atom is -0.394 e. The van der Waals surface area contributed by atoms with Crippen LogP contribution in [0.15, 0.2) is 54.6 Å². The summed E-state index contributed by atoms with van der Waals surface area (Å²) in [5.41, 5.74) is 3.10.